The number of para-hydroxylation sites is 1. The molecule has 21 heavy (non-hydrogen) atoms. The third-order valence-corrected chi connectivity index (χ3v) is 3.28. The monoisotopic (exact) mass is 287 g/mol. The summed E-state index contributed by atoms with van der Waals surface area (Å²) in [6, 6.07) is 12.3. The maximum atomic E-state index is 11.0. The van der Waals surface area contributed by atoms with Crippen molar-refractivity contribution in [2.75, 3.05) is 0 Å². The highest BCUT2D eigenvalue weighted by Crippen LogP contribution is 2.31. The molecule has 0 fully saturated rings. The molecule has 0 aliphatic rings. The highest BCUT2D eigenvalue weighted by molar-refractivity contribution is 5.79. The Hall–Kier alpha value is -2.73. The van der Waals surface area contributed by atoms with Gasteiger partial charge in [-0.05, 0) is 24.1 Å². The van der Waals surface area contributed by atoms with E-state index in [0.717, 1.165) is 0 Å². The van der Waals surface area contributed by atoms with Gasteiger partial charge in [-0.2, -0.15) is 0 Å². The Kier molecular flexibility index (Phi) is 3.73. The van der Waals surface area contributed by atoms with Crippen LogP contribution < -0.4 is 0 Å². The molecule has 1 unspecified atom stereocenters. The maximum absolute atomic E-state index is 11.0. The summed E-state index contributed by atoms with van der Waals surface area (Å²) in [7, 11) is 0. The molecule has 1 atom stereocenters. The predicted octanol–water partition coefficient (Wildman–Crippen LogP) is 2.55. The molecule has 2 rings (SSSR count). The van der Waals surface area contributed by atoms with Crippen molar-refractivity contribution in [3.05, 3.63) is 64.2 Å². The van der Waals surface area contributed by atoms with E-state index in [1.807, 2.05) is 0 Å². The van der Waals surface area contributed by atoms with Crippen LogP contribution in [0.15, 0.2) is 48.5 Å². The van der Waals surface area contributed by atoms with E-state index in [0.29, 0.717) is 11.1 Å². The van der Waals surface area contributed by atoms with Gasteiger partial charge in [0.1, 0.15) is 0 Å². The maximum Gasteiger partial charge on any atom is 0.340 e. The molecule has 0 aromatic heterocycles. The average Bonchev–Trinajstić information content (AvgIpc) is 2.47. The molecule has 0 aliphatic carbocycles. The van der Waals surface area contributed by atoms with E-state index >= 15 is 0 Å². The Bertz CT molecular complexity index is 691. The summed E-state index contributed by atoms with van der Waals surface area (Å²) in [4.78, 5) is 21.5. The molecule has 6 nitrogen and oxygen atoms in total. The minimum absolute atomic E-state index is 0.0322. The van der Waals surface area contributed by atoms with Gasteiger partial charge in [-0.3, -0.25) is 10.1 Å². The first kappa shape index (κ1) is 14.7. The van der Waals surface area contributed by atoms with Crippen molar-refractivity contribution in [3.8, 4) is 11.1 Å². The number of rotatable bonds is 4. The number of hydrogen-bond acceptors (Lipinski definition) is 4. The van der Waals surface area contributed by atoms with Crippen LogP contribution in [-0.2, 0) is 10.4 Å². The number of nitrogens with zero attached hydrogens (tertiary/aromatic N) is 1. The minimum Gasteiger partial charge on any atom is -0.479 e. The van der Waals surface area contributed by atoms with Crippen LogP contribution in [0.3, 0.4) is 0 Å². The van der Waals surface area contributed by atoms with Gasteiger partial charge in [-0.25, -0.2) is 4.79 Å². The minimum atomic E-state index is -2.00. The van der Waals surface area contributed by atoms with Gasteiger partial charge in [0.15, 0.2) is 5.60 Å². The van der Waals surface area contributed by atoms with Gasteiger partial charge >= 0.3 is 5.97 Å². The first-order valence-electron chi connectivity index (χ1n) is 6.14. The summed E-state index contributed by atoms with van der Waals surface area (Å²) in [5.41, 5.74) is -0.815. The molecular weight excluding hydrogens is 274 g/mol. The average molecular weight is 287 g/mol. The molecule has 2 aromatic carbocycles. The summed E-state index contributed by atoms with van der Waals surface area (Å²) >= 11 is 0. The molecule has 0 heterocycles. The SMILES string of the molecule is CC(O)(C(=O)O)c1ccc(-c2ccccc2[N+](=O)[O-])cc1. The van der Waals surface area contributed by atoms with Crippen molar-refractivity contribution in [2.24, 2.45) is 0 Å². The Morgan fingerprint density at radius 3 is 2.24 bits per heavy atom. The number of carbonyl (C=O) groups is 1. The molecule has 0 saturated carbocycles. The lowest BCUT2D eigenvalue weighted by atomic mass is 9.93. The molecule has 0 spiro atoms. The molecule has 108 valence electrons. The fourth-order valence-corrected chi connectivity index (χ4v) is 1.97. The van der Waals surface area contributed by atoms with E-state index in [-0.39, 0.29) is 11.3 Å². The van der Waals surface area contributed by atoms with Crippen LogP contribution in [0.5, 0.6) is 0 Å². The van der Waals surface area contributed by atoms with Gasteiger partial charge < -0.3 is 10.2 Å². The van der Waals surface area contributed by atoms with Crippen LogP contribution in [0.4, 0.5) is 5.69 Å². The number of benzene rings is 2. The standard InChI is InChI=1S/C15H13NO5/c1-15(19,14(17)18)11-8-6-10(7-9-11)12-4-2-3-5-13(12)16(20)21/h2-9,19H,1H3,(H,17,18). The van der Waals surface area contributed by atoms with E-state index in [1.54, 1.807) is 30.3 Å². The Morgan fingerprint density at radius 1 is 1.14 bits per heavy atom. The van der Waals surface area contributed by atoms with Crippen LogP contribution in [0.1, 0.15) is 12.5 Å². The number of aliphatic carboxylic acids is 1. The largest absolute Gasteiger partial charge is 0.479 e. The van der Waals surface area contributed by atoms with E-state index in [2.05, 4.69) is 0 Å². The molecule has 2 N–H and O–H groups in total. The van der Waals surface area contributed by atoms with Gasteiger partial charge in [0.2, 0.25) is 0 Å². The highest BCUT2D eigenvalue weighted by atomic mass is 16.6. The number of nitro groups is 1. The molecule has 0 amide bonds. The summed E-state index contributed by atoms with van der Waals surface area (Å²) < 4.78 is 0. The van der Waals surface area contributed by atoms with Crippen LogP contribution >= 0.6 is 0 Å². The van der Waals surface area contributed by atoms with Crippen LogP contribution in [0.25, 0.3) is 11.1 Å². The fraction of sp³-hybridized carbons (Fsp3) is 0.133. The summed E-state index contributed by atoms with van der Waals surface area (Å²) in [5.74, 6) is -1.36. The van der Waals surface area contributed by atoms with Crippen LogP contribution in [0.2, 0.25) is 0 Å². The second-order valence-electron chi connectivity index (χ2n) is 4.73. The van der Waals surface area contributed by atoms with E-state index < -0.39 is 16.5 Å². The smallest absolute Gasteiger partial charge is 0.340 e. The van der Waals surface area contributed by atoms with Gasteiger partial charge in [-0.15, -0.1) is 0 Å². The van der Waals surface area contributed by atoms with Crippen molar-refractivity contribution in [1.29, 1.82) is 0 Å². The fourth-order valence-electron chi connectivity index (χ4n) is 1.97. The third-order valence-electron chi connectivity index (χ3n) is 3.28. The molecule has 0 bridgehead atoms. The predicted molar refractivity (Wildman–Crippen MR) is 75.7 cm³/mol. The normalized spacial score (nSPS) is 13.4. The van der Waals surface area contributed by atoms with Crippen molar-refractivity contribution < 1.29 is 19.9 Å². The summed E-state index contributed by atoms with van der Waals surface area (Å²) in [6.07, 6.45) is 0. The van der Waals surface area contributed by atoms with Crippen molar-refractivity contribution in [1.82, 2.24) is 0 Å². The van der Waals surface area contributed by atoms with Gasteiger partial charge in [-0.1, -0.05) is 36.4 Å². The topological polar surface area (TPSA) is 101 Å². The Labute approximate surface area is 120 Å². The zero-order valence-electron chi connectivity index (χ0n) is 11.2. The van der Waals surface area contributed by atoms with Crippen LogP contribution in [-0.4, -0.2) is 21.1 Å². The summed E-state index contributed by atoms with van der Waals surface area (Å²) in [6.45, 7) is 1.18. The highest BCUT2D eigenvalue weighted by Gasteiger charge is 2.32. The van der Waals surface area contributed by atoms with Crippen molar-refractivity contribution in [3.63, 3.8) is 0 Å². The third kappa shape index (κ3) is 2.75. The first-order valence-corrected chi connectivity index (χ1v) is 6.14. The van der Waals surface area contributed by atoms with Gasteiger partial charge in [0.25, 0.3) is 5.69 Å². The quantitative estimate of drug-likeness (QED) is 0.664. The number of nitro benzene ring substituents is 1. The molecule has 0 saturated heterocycles. The Morgan fingerprint density at radius 2 is 1.71 bits per heavy atom. The van der Waals surface area contributed by atoms with E-state index in [1.165, 1.54) is 25.1 Å². The number of hydrogen-bond donors (Lipinski definition) is 2. The molecule has 2 aromatic rings. The van der Waals surface area contributed by atoms with Gasteiger partial charge in [0.05, 0.1) is 10.5 Å². The van der Waals surface area contributed by atoms with Gasteiger partial charge in [0, 0.05) is 6.07 Å². The summed E-state index contributed by atoms with van der Waals surface area (Å²) in [5, 5.41) is 29.8. The molecule has 0 radical (unpaired) electrons. The second kappa shape index (κ2) is 5.34. The number of aliphatic hydroxyl groups is 1. The Balaban J connectivity index is 2.45. The van der Waals surface area contributed by atoms with E-state index in [9.17, 15) is 20.0 Å². The lowest BCUT2D eigenvalue weighted by Crippen LogP contribution is -2.31. The van der Waals surface area contributed by atoms with Crippen LogP contribution in [0, 0.1) is 10.1 Å². The van der Waals surface area contributed by atoms with Crippen molar-refractivity contribution >= 4 is 11.7 Å². The van der Waals surface area contributed by atoms with E-state index in [4.69, 9.17) is 5.11 Å². The zero-order valence-corrected chi connectivity index (χ0v) is 11.2. The number of carboxylic acids is 1. The molecule has 6 heteroatoms. The zero-order chi connectivity index (χ0) is 15.6. The lowest BCUT2D eigenvalue weighted by Gasteiger charge is -2.18. The molecule has 0 aliphatic heterocycles. The second-order valence-corrected chi connectivity index (χ2v) is 4.73. The lowest BCUT2D eigenvalue weighted by molar-refractivity contribution is -0.384. The first-order chi connectivity index (χ1) is 9.84. The van der Waals surface area contributed by atoms with Crippen molar-refractivity contribution in [2.45, 2.75) is 12.5 Å². The molecular formula is C15H13NO5. The number of carboxylic acid groups (broad SMARTS) is 1.